The molecule has 0 bridgehead atoms. The van der Waals surface area contributed by atoms with E-state index in [9.17, 15) is 14.4 Å². The second kappa shape index (κ2) is 9.04. The van der Waals surface area contributed by atoms with E-state index in [4.69, 9.17) is 34.8 Å². The van der Waals surface area contributed by atoms with Gasteiger partial charge in [0.1, 0.15) is 10.7 Å². The van der Waals surface area contributed by atoms with Crippen LogP contribution in [0.25, 0.3) is 0 Å². The Hall–Kier alpha value is -3.32. The number of hydrogen-bond acceptors (Lipinski definition) is 4. The minimum atomic E-state index is -0.675. The molecular formula is C23H14Cl3N3O3. The standard InChI is InChI=1S/C23H14Cl3N3O3/c24-14-7-11-16(12-8-14)28-21(30)13-5-9-15(10-6-13)27-20-19(26)22(31)29(23(20)32)18-4-2-1-3-17(18)25/h1-12,27H,(H,28,30). The van der Waals surface area contributed by atoms with E-state index in [-0.39, 0.29) is 27.3 Å². The molecule has 1 heterocycles. The van der Waals surface area contributed by atoms with E-state index in [0.717, 1.165) is 4.90 Å². The van der Waals surface area contributed by atoms with E-state index in [1.165, 1.54) is 0 Å². The number of carbonyl (C=O) groups excluding carboxylic acids is 3. The fraction of sp³-hybridized carbons (Fsp3) is 0. The summed E-state index contributed by atoms with van der Waals surface area (Å²) in [5.41, 5.74) is 1.65. The number of imide groups is 1. The van der Waals surface area contributed by atoms with Gasteiger partial charge in [0.15, 0.2) is 0 Å². The Morgan fingerprint density at radius 1 is 0.750 bits per heavy atom. The van der Waals surface area contributed by atoms with Gasteiger partial charge in [-0.1, -0.05) is 46.9 Å². The molecule has 3 amide bonds. The second-order valence-electron chi connectivity index (χ2n) is 6.75. The molecule has 0 radical (unpaired) electrons. The summed E-state index contributed by atoms with van der Waals surface area (Å²) in [6.45, 7) is 0. The molecule has 0 aromatic heterocycles. The molecule has 3 aromatic rings. The Morgan fingerprint density at radius 2 is 1.38 bits per heavy atom. The van der Waals surface area contributed by atoms with E-state index in [2.05, 4.69) is 10.6 Å². The molecule has 1 aliphatic heterocycles. The number of rotatable bonds is 5. The smallest absolute Gasteiger partial charge is 0.283 e. The topological polar surface area (TPSA) is 78.5 Å². The fourth-order valence-electron chi connectivity index (χ4n) is 3.05. The normalized spacial score (nSPS) is 13.5. The minimum absolute atomic E-state index is 0.0741. The highest BCUT2D eigenvalue weighted by Crippen LogP contribution is 2.34. The largest absolute Gasteiger partial charge is 0.350 e. The van der Waals surface area contributed by atoms with Crippen LogP contribution in [0.3, 0.4) is 0 Å². The van der Waals surface area contributed by atoms with Crippen LogP contribution in [0.15, 0.2) is 83.5 Å². The van der Waals surface area contributed by atoms with Crippen molar-refractivity contribution < 1.29 is 14.4 Å². The molecule has 32 heavy (non-hydrogen) atoms. The minimum Gasteiger partial charge on any atom is -0.350 e. The summed E-state index contributed by atoms with van der Waals surface area (Å²) >= 11 is 18.1. The lowest BCUT2D eigenvalue weighted by Crippen LogP contribution is -2.32. The van der Waals surface area contributed by atoms with Crippen LogP contribution in [0, 0.1) is 0 Å². The summed E-state index contributed by atoms with van der Waals surface area (Å²) < 4.78 is 0. The van der Waals surface area contributed by atoms with Gasteiger partial charge in [0.25, 0.3) is 17.7 Å². The summed E-state index contributed by atoms with van der Waals surface area (Å²) in [5, 5.41) is 6.18. The predicted molar refractivity (Wildman–Crippen MR) is 126 cm³/mol. The molecule has 0 aliphatic carbocycles. The van der Waals surface area contributed by atoms with Crippen molar-refractivity contribution in [2.24, 2.45) is 0 Å². The molecule has 9 heteroatoms. The van der Waals surface area contributed by atoms with Crippen molar-refractivity contribution in [1.82, 2.24) is 0 Å². The van der Waals surface area contributed by atoms with Crippen LogP contribution < -0.4 is 15.5 Å². The summed E-state index contributed by atoms with van der Waals surface area (Å²) in [5.74, 6) is -1.61. The molecule has 0 spiro atoms. The lowest BCUT2D eigenvalue weighted by atomic mass is 10.2. The number of nitrogens with one attached hydrogen (secondary N) is 2. The molecule has 0 fully saturated rings. The van der Waals surface area contributed by atoms with Crippen molar-refractivity contribution in [3.63, 3.8) is 0 Å². The van der Waals surface area contributed by atoms with Crippen LogP contribution in [-0.2, 0) is 9.59 Å². The van der Waals surface area contributed by atoms with Crippen LogP contribution in [0.5, 0.6) is 0 Å². The Morgan fingerprint density at radius 3 is 2.03 bits per heavy atom. The van der Waals surface area contributed by atoms with Crippen molar-refractivity contribution >= 4 is 69.6 Å². The first-order chi connectivity index (χ1) is 15.3. The molecule has 1 aliphatic rings. The number of nitrogens with zero attached hydrogens (tertiary/aromatic N) is 1. The second-order valence-corrected chi connectivity index (χ2v) is 7.97. The van der Waals surface area contributed by atoms with Gasteiger partial charge in [0.2, 0.25) is 0 Å². The monoisotopic (exact) mass is 485 g/mol. The molecule has 2 N–H and O–H groups in total. The Balaban J connectivity index is 1.49. The quantitative estimate of drug-likeness (QED) is 0.455. The number of benzene rings is 3. The van der Waals surface area contributed by atoms with Gasteiger partial charge in [-0.15, -0.1) is 0 Å². The van der Waals surface area contributed by atoms with Crippen molar-refractivity contribution in [3.05, 3.63) is 99.1 Å². The summed E-state index contributed by atoms with van der Waals surface area (Å²) in [7, 11) is 0. The third-order valence-corrected chi connectivity index (χ3v) is 5.56. The molecule has 0 saturated heterocycles. The molecular weight excluding hydrogens is 473 g/mol. The summed E-state index contributed by atoms with van der Waals surface area (Å²) in [6, 6.07) is 19.6. The van der Waals surface area contributed by atoms with Gasteiger partial charge in [0.05, 0.1) is 10.7 Å². The van der Waals surface area contributed by atoms with E-state index >= 15 is 0 Å². The molecule has 3 aromatic carbocycles. The van der Waals surface area contributed by atoms with E-state index in [0.29, 0.717) is 22.0 Å². The summed E-state index contributed by atoms with van der Waals surface area (Å²) in [4.78, 5) is 38.8. The molecule has 6 nitrogen and oxygen atoms in total. The van der Waals surface area contributed by atoms with E-state index < -0.39 is 11.8 Å². The summed E-state index contributed by atoms with van der Waals surface area (Å²) in [6.07, 6.45) is 0. The van der Waals surface area contributed by atoms with Crippen molar-refractivity contribution in [2.75, 3.05) is 15.5 Å². The van der Waals surface area contributed by atoms with Crippen LogP contribution in [0.2, 0.25) is 10.0 Å². The van der Waals surface area contributed by atoms with Gasteiger partial charge in [-0.2, -0.15) is 0 Å². The highest BCUT2D eigenvalue weighted by molar-refractivity contribution is 6.53. The molecule has 0 unspecified atom stereocenters. The average molecular weight is 487 g/mol. The predicted octanol–water partition coefficient (Wildman–Crippen LogP) is 5.68. The number of carbonyl (C=O) groups is 3. The zero-order chi connectivity index (χ0) is 22.8. The van der Waals surface area contributed by atoms with E-state index in [1.54, 1.807) is 72.8 Å². The molecule has 0 atom stereocenters. The fourth-order valence-corrected chi connectivity index (χ4v) is 3.61. The lowest BCUT2D eigenvalue weighted by molar-refractivity contribution is -0.120. The maximum atomic E-state index is 12.9. The molecule has 0 saturated carbocycles. The highest BCUT2D eigenvalue weighted by Gasteiger charge is 2.39. The molecule has 160 valence electrons. The van der Waals surface area contributed by atoms with Gasteiger partial charge in [-0.05, 0) is 60.7 Å². The number of amides is 3. The van der Waals surface area contributed by atoms with Crippen LogP contribution in [0.4, 0.5) is 17.1 Å². The van der Waals surface area contributed by atoms with Crippen LogP contribution >= 0.6 is 34.8 Å². The number of para-hydroxylation sites is 1. The van der Waals surface area contributed by atoms with E-state index in [1.807, 2.05) is 0 Å². The van der Waals surface area contributed by atoms with Gasteiger partial charge in [-0.25, -0.2) is 4.90 Å². The number of halogens is 3. The van der Waals surface area contributed by atoms with Crippen LogP contribution in [0.1, 0.15) is 10.4 Å². The highest BCUT2D eigenvalue weighted by atomic mass is 35.5. The van der Waals surface area contributed by atoms with Crippen molar-refractivity contribution in [3.8, 4) is 0 Å². The number of hydrogen-bond donors (Lipinski definition) is 2. The van der Waals surface area contributed by atoms with Gasteiger partial charge in [-0.3, -0.25) is 14.4 Å². The average Bonchev–Trinajstić information content (AvgIpc) is 2.99. The van der Waals surface area contributed by atoms with Gasteiger partial charge in [0, 0.05) is 22.0 Å². The first-order valence-electron chi connectivity index (χ1n) is 9.32. The maximum Gasteiger partial charge on any atom is 0.283 e. The first kappa shape index (κ1) is 21.9. The zero-order valence-electron chi connectivity index (χ0n) is 16.2. The van der Waals surface area contributed by atoms with Crippen LogP contribution in [-0.4, -0.2) is 17.7 Å². The SMILES string of the molecule is O=C(Nc1ccc(Cl)cc1)c1ccc(NC2=C(Cl)C(=O)N(c3ccccc3Cl)C2=O)cc1. The Bertz CT molecular complexity index is 1260. The van der Waals surface area contributed by atoms with Gasteiger partial charge < -0.3 is 10.6 Å². The Labute approximate surface area is 198 Å². The zero-order valence-corrected chi connectivity index (χ0v) is 18.5. The first-order valence-corrected chi connectivity index (χ1v) is 10.5. The van der Waals surface area contributed by atoms with Crippen molar-refractivity contribution in [1.29, 1.82) is 0 Å². The maximum absolute atomic E-state index is 12.9. The van der Waals surface area contributed by atoms with Gasteiger partial charge >= 0.3 is 0 Å². The Kier molecular flexibility index (Phi) is 6.19. The lowest BCUT2D eigenvalue weighted by Gasteiger charge is -2.16. The van der Waals surface area contributed by atoms with Crippen molar-refractivity contribution in [2.45, 2.75) is 0 Å². The third-order valence-electron chi connectivity index (χ3n) is 4.64. The third kappa shape index (κ3) is 4.34. The number of anilines is 3. The molecule has 4 rings (SSSR count).